The number of aromatic nitrogens is 1. The van der Waals surface area contributed by atoms with E-state index in [2.05, 4.69) is 34.3 Å². The first-order chi connectivity index (χ1) is 12.5. The van der Waals surface area contributed by atoms with Crippen molar-refractivity contribution < 1.29 is 13.2 Å². The molecule has 1 aromatic heterocycles. The second-order valence-electron chi connectivity index (χ2n) is 6.47. The summed E-state index contributed by atoms with van der Waals surface area (Å²) in [5.41, 5.74) is 2.45. The second kappa shape index (κ2) is 7.86. The van der Waals surface area contributed by atoms with Crippen LogP contribution >= 0.6 is 0 Å². The number of carbonyl (C=O) groups excluding carboxylic acids is 1. The van der Waals surface area contributed by atoms with Gasteiger partial charge in [-0.2, -0.15) is 0 Å². The number of pyridine rings is 1. The van der Waals surface area contributed by atoms with Crippen molar-refractivity contribution in [2.24, 2.45) is 0 Å². The number of sulfone groups is 1. The summed E-state index contributed by atoms with van der Waals surface area (Å²) in [6, 6.07) is 13.4. The number of amides is 1. The van der Waals surface area contributed by atoms with E-state index in [1.165, 1.54) is 5.56 Å². The molecular weight excluding hydrogens is 350 g/mol. The van der Waals surface area contributed by atoms with Gasteiger partial charge in [-0.3, -0.25) is 4.79 Å². The molecular formula is C19H23N3O3S. The Morgan fingerprint density at radius 2 is 2.00 bits per heavy atom. The van der Waals surface area contributed by atoms with Crippen molar-refractivity contribution in [3.05, 3.63) is 59.9 Å². The van der Waals surface area contributed by atoms with E-state index in [4.69, 9.17) is 0 Å². The molecule has 0 radical (unpaired) electrons. The number of rotatable bonds is 6. The third-order valence-corrected chi connectivity index (χ3v) is 6.28. The van der Waals surface area contributed by atoms with E-state index in [0.29, 0.717) is 12.1 Å². The summed E-state index contributed by atoms with van der Waals surface area (Å²) < 4.78 is 23.0. The molecule has 0 saturated carbocycles. The standard InChI is InChI=1S/C19H23N3O3S/c1-2-22(13-15-6-4-3-5-7-15)17-8-9-18(20-12-17)19(23)21-16-10-11-26(24,25)14-16/h3-9,12,16H,2,10-11,13-14H2,1H3,(H,21,23). The van der Waals surface area contributed by atoms with E-state index >= 15 is 0 Å². The van der Waals surface area contributed by atoms with Crippen molar-refractivity contribution in [3.8, 4) is 0 Å². The Bertz CT molecular complexity index is 851. The minimum Gasteiger partial charge on any atom is -0.366 e. The molecule has 3 rings (SSSR count). The molecule has 2 heterocycles. The Morgan fingerprint density at radius 3 is 2.58 bits per heavy atom. The molecule has 0 bridgehead atoms. The second-order valence-corrected chi connectivity index (χ2v) is 8.70. The van der Waals surface area contributed by atoms with Gasteiger partial charge in [-0.1, -0.05) is 30.3 Å². The van der Waals surface area contributed by atoms with Gasteiger partial charge in [0, 0.05) is 19.1 Å². The van der Waals surface area contributed by atoms with Gasteiger partial charge in [-0.15, -0.1) is 0 Å². The maximum atomic E-state index is 12.3. The number of hydrogen-bond donors (Lipinski definition) is 1. The van der Waals surface area contributed by atoms with Crippen LogP contribution in [0.5, 0.6) is 0 Å². The highest BCUT2D eigenvalue weighted by Gasteiger charge is 2.29. The number of hydrogen-bond acceptors (Lipinski definition) is 5. The van der Waals surface area contributed by atoms with E-state index in [1.54, 1.807) is 12.3 Å². The maximum absolute atomic E-state index is 12.3. The van der Waals surface area contributed by atoms with Crippen LogP contribution in [-0.2, 0) is 16.4 Å². The molecule has 1 aliphatic rings. The van der Waals surface area contributed by atoms with E-state index in [1.807, 2.05) is 24.3 Å². The molecule has 0 spiro atoms. The van der Waals surface area contributed by atoms with Crippen molar-refractivity contribution in [1.82, 2.24) is 10.3 Å². The average Bonchev–Trinajstić information content (AvgIpc) is 2.99. The first-order valence-corrected chi connectivity index (χ1v) is 10.5. The van der Waals surface area contributed by atoms with Crippen LogP contribution in [-0.4, -0.2) is 43.4 Å². The van der Waals surface area contributed by atoms with Crippen molar-refractivity contribution in [1.29, 1.82) is 0 Å². The lowest BCUT2D eigenvalue weighted by atomic mass is 10.2. The van der Waals surface area contributed by atoms with Gasteiger partial charge in [0.25, 0.3) is 5.91 Å². The molecule has 138 valence electrons. The van der Waals surface area contributed by atoms with Crippen LogP contribution in [0.2, 0.25) is 0 Å². The number of nitrogens with one attached hydrogen (secondary N) is 1. The lowest BCUT2D eigenvalue weighted by molar-refractivity contribution is 0.0936. The van der Waals surface area contributed by atoms with Gasteiger partial charge in [-0.25, -0.2) is 13.4 Å². The zero-order chi connectivity index (χ0) is 18.6. The predicted molar refractivity (Wildman–Crippen MR) is 102 cm³/mol. The van der Waals surface area contributed by atoms with Crippen LogP contribution in [0.4, 0.5) is 5.69 Å². The molecule has 1 N–H and O–H groups in total. The lowest BCUT2D eigenvalue weighted by Gasteiger charge is -2.23. The average molecular weight is 373 g/mol. The first-order valence-electron chi connectivity index (χ1n) is 8.73. The fourth-order valence-corrected chi connectivity index (χ4v) is 4.74. The third kappa shape index (κ3) is 4.60. The smallest absolute Gasteiger partial charge is 0.270 e. The lowest BCUT2D eigenvalue weighted by Crippen LogP contribution is -2.36. The Labute approximate surface area is 154 Å². The van der Waals surface area contributed by atoms with Crippen molar-refractivity contribution >= 4 is 21.4 Å². The summed E-state index contributed by atoms with van der Waals surface area (Å²) >= 11 is 0. The fraction of sp³-hybridized carbons (Fsp3) is 0.368. The topological polar surface area (TPSA) is 79.4 Å². The zero-order valence-corrected chi connectivity index (χ0v) is 15.6. The molecule has 1 amide bonds. The molecule has 0 aliphatic carbocycles. The van der Waals surface area contributed by atoms with Crippen LogP contribution in [0, 0.1) is 0 Å². The van der Waals surface area contributed by atoms with Crippen molar-refractivity contribution in [3.63, 3.8) is 0 Å². The van der Waals surface area contributed by atoms with E-state index in [-0.39, 0.29) is 23.5 Å². The normalized spacial score (nSPS) is 18.4. The van der Waals surface area contributed by atoms with E-state index < -0.39 is 9.84 Å². The van der Waals surface area contributed by atoms with Gasteiger partial charge in [0.05, 0.1) is 23.4 Å². The van der Waals surface area contributed by atoms with Crippen molar-refractivity contribution in [2.45, 2.75) is 25.9 Å². The molecule has 1 saturated heterocycles. The van der Waals surface area contributed by atoms with Gasteiger partial charge >= 0.3 is 0 Å². The van der Waals surface area contributed by atoms with Gasteiger partial charge in [0.1, 0.15) is 5.69 Å². The third-order valence-electron chi connectivity index (χ3n) is 4.51. The molecule has 2 aromatic rings. The molecule has 1 aliphatic heterocycles. The molecule has 1 atom stereocenters. The molecule has 1 aromatic carbocycles. The predicted octanol–water partition coefficient (Wildman–Crippen LogP) is 2.02. The van der Waals surface area contributed by atoms with Gasteiger partial charge in [0.2, 0.25) is 0 Å². The Kier molecular flexibility index (Phi) is 5.56. The summed E-state index contributed by atoms with van der Waals surface area (Å²) in [5, 5.41) is 2.76. The molecule has 6 nitrogen and oxygen atoms in total. The fourth-order valence-electron chi connectivity index (χ4n) is 3.07. The van der Waals surface area contributed by atoms with Gasteiger partial charge in [-0.05, 0) is 31.0 Å². The SMILES string of the molecule is CCN(Cc1ccccc1)c1ccc(C(=O)NC2CCS(=O)(=O)C2)nc1. The highest BCUT2D eigenvalue weighted by molar-refractivity contribution is 7.91. The number of carbonyl (C=O) groups is 1. The van der Waals surface area contributed by atoms with E-state index in [0.717, 1.165) is 18.8 Å². The summed E-state index contributed by atoms with van der Waals surface area (Å²) in [6.45, 7) is 3.66. The molecule has 1 fully saturated rings. The molecule has 26 heavy (non-hydrogen) atoms. The first kappa shape index (κ1) is 18.4. The number of anilines is 1. The Balaban J connectivity index is 1.64. The monoisotopic (exact) mass is 373 g/mol. The van der Waals surface area contributed by atoms with Crippen LogP contribution in [0.1, 0.15) is 29.4 Å². The van der Waals surface area contributed by atoms with Crippen LogP contribution in [0.15, 0.2) is 48.7 Å². The van der Waals surface area contributed by atoms with E-state index in [9.17, 15) is 13.2 Å². The largest absolute Gasteiger partial charge is 0.366 e. The highest BCUT2D eigenvalue weighted by Crippen LogP contribution is 2.17. The minimum atomic E-state index is -3.02. The van der Waals surface area contributed by atoms with Crippen LogP contribution < -0.4 is 10.2 Å². The van der Waals surface area contributed by atoms with Gasteiger partial charge in [0.15, 0.2) is 9.84 Å². The van der Waals surface area contributed by atoms with Gasteiger partial charge < -0.3 is 10.2 Å². The summed E-state index contributed by atoms with van der Waals surface area (Å²) in [6.07, 6.45) is 2.15. The minimum absolute atomic E-state index is 0.0114. The zero-order valence-electron chi connectivity index (χ0n) is 14.8. The summed E-state index contributed by atoms with van der Waals surface area (Å²) in [7, 11) is -3.02. The maximum Gasteiger partial charge on any atom is 0.270 e. The summed E-state index contributed by atoms with van der Waals surface area (Å²) in [5.74, 6) is -0.183. The Hall–Kier alpha value is -2.41. The molecule has 7 heteroatoms. The highest BCUT2D eigenvalue weighted by atomic mass is 32.2. The van der Waals surface area contributed by atoms with Crippen LogP contribution in [0.3, 0.4) is 0 Å². The molecule has 1 unspecified atom stereocenters. The van der Waals surface area contributed by atoms with Crippen LogP contribution in [0.25, 0.3) is 0 Å². The number of nitrogens with zero attached hydrogens (tertiary/aromatic N) is 2. The quantitative estimate of drug-likeness (QED) is 0.838. The Morgan fingerprint density at radius 1 is 1.23 bits per heavy atom. The summed E-state index contributed by atoms with van der Waals surface area (Å²) in [4.78, 5) is 18.7. The van der Waals surface area contributed by atoms with Crippen molar-refractivity contribution in [2.75, 3.05) is 23.0 Å². The number of benzene rings is 1.